The molecule has 0 saturated heterocycles. The zero-order chi connectivity index (χ0) is 16.4. The van der Waals surface area contributed by atoms with Crippen LogP contribution in [0.3, 0.4) is 0 Å². The van der Waals surface area contributed by atoms with Crippen LogP contribution in [0.15, 0.2) is 48.1 Å². The molecular weight excluding hydrogens is 288 g/mol. The van der Waals surface area contributed by atoms with Crippen molar-refractivity contribution in [1.29, 1.82) is 0 Å². The van der Waals surface area contributed by atoms with Crippen molar-refractivity contribution in [3.63, 3.8) is 0 Å². The fourth-order valence-corrected chi connectivity index (χ4v) is 2.24. The largest absolute Gasteiger partial charge is 0.508 e. The Balaban J connectivity index is 2.27. The van der Waals surface area contributed by atoms with Crippen molar-refractivity contribution in [2.75, 3.05) is 14.2 Å². The summed E-state index contributed by atoms with van der Waals surface area (Å²) in [4.78, 5) is 0. The van der Waals surface area contributed by atoms with E-state index in [4.69, 9.17) is 9.47 Å². The molecule has 1 aliphatic rings. The third-order valence-corrected chi connectivity index (χ3v) is 3.38. The van der Waals surface area contributed by atoms with Crippen molar-refractivity contribution in [2.45, 2.75) is 11.6 Å². The number of aliphatic hydroxyl groups is 2. The van der Waals surface area contributed by atoms with Crippen molar-refractivity contribution in [3.05, 3.63) is 53.6 Å². The second-order valence-corrected chi connectivity index (χ2v) is 4.90. The lowest BCUT2D eigenvalue weighted by atomic mass is 9.94. The molecule has 1 aliphatic carbocycles. The van der Waals surface area contributed by atoms with E-state index < -0.39 is 11.6 Å². The van der Waals surface area contributed by atoms with E-state index in [0.717, 1.165) is 0 Å². The molecular formula is C16H18O6. The van der Waals surface area contributed by atoms with E-state index in [2.05, 4.69) is 0 Å². The SMILES string of the molecule is COC1(OC)C=CC(C=Cc2cc(O)cc(O)c2)=CC1(O)O. The molecule has 0 heterocycles. The first-order valence-corrected chi connectivity index (χ1v) is 6.50. The predicted molar refractivity (Wildman–Crippen MR) is 79.9 cm³/mol. The van der Waals surface area contributed by atoms with Crippen LogP contribution in [0.5, 0.6) is 11.5 Å². The summed E-state index contributed by atoms with van der Waals surface area (Å²) in [5.74, 6) is -4.15. The topological polar surface area (TPSA) is 99.4 Å². The third-order valence-electron chi connectivity index (χ3n) is 3.38. The van der Waals surface area contributed by atoms with Gasteiger partial charge in [0.1, 0.15) is 11.5 Å². The molecule has 0 radical (unpaired) electrons. The summed E-state index contributed by atoms with van der Waals surface area (Å²) < 4.78 is 10.1. The number of ether oxygens (including phenoxy) is 2. The van der Waals surface area contributed by atoms with Gasteiger partial charge in [0.15, 0.2) is 0 Å². The van der Waals surface area contributed by atoms with Crippen LogP contribution in [0.2, 0.25) is 0 Å². The number of phenolic OH excluding ortho intramolecular Hbond substituents is 2. The Bertz CT molecular complexity index is 618. The van der Waals surface area contributed by atoms with Crippen LogP contribution < -0.4 is 0 Å². The summed E-state index contributed by atoms with van der Waals surface area (Å²) >= 11 is 0. The maximum Gasteiger partial charge on any atom is 0.247 e. The van der Waals surface area contributed by atoms with Crippen molar-refractivity contribution in [1.82, 2.24) is 0 Å². The molecule has 0 bridgehead atoms. The van der Waals surface area contributed by atoms with Gasteiger partial charge in [0.05, 0.1) is 0 Å². The van der Waals surface area contributed by atoms with Gasteiger partial charge < -0.3 is 29.9 Å². The molecule has 0 amide bonds. The summed E-state index contributed by atoms with van der Waals surface area (Å²) in [6, 6.07) is 4.14. The number of hydrogen-bond donors (Lipinski definition) is 4. The lowest BCUT2D eigenvalue weighted by Crippen LogP contribution is -2.55. The lowest BCUT2D eigenvalue weighted by Gasteiger charge is -2.39. The lowest BCUT2D eigenvalue weighted by molar-refractivity contribution is -0.328. The van der Waals surface area contributed by atoms with Gasteiger partial charge in [0.25, 0.3) is 0 Å². The number of rotatable bonds is 4. The van der Waals surface area contributed by atoms with Gasteiger partial charge in [-0.25, -0.2) is 0 Å². The van der Waals surface area contributed by atoms with Gasteiger partial charge in [-0.3, -0.25) is 0 Å². The first kappa shape index (κ1) is 16.3. The molecule has 0 unspecified atom stereocenters. The highest BCUT2D eigenvalue weighted by atomic mass is 16.7. The smallest absolute Gasteiger partial charge is 0.247 e. The normalized spacial score (nSPS) is 19.4. The summed E-state index contributed by atoms with van der Waals surface area (Å²) in [5, 5.41) is 39.0. The van der Waals surface area contributed by atoms with Gasteiger partial charge in [-0.15, -0.1) is 0 Å². The molecule has 0 spiro atoms. The first-order chi connectivity index (χ1) is 10.3. The van der Waals surface area contributed by atoms with Crippen LogP contribution in [-0.2, 0) is 9.47 Å². The number of benzene rings is 1. The van der Waals surface area contributed by atoms with E-state index in [1.54, 1.807) is 18.2 Å². The molecule has 0 aromatic heterocycles. The minimum atomic E-state index is -2.34. The molecule has 1 aromatic carbocycles. The Morgan fingerprint density at radius 2 is 1.55 bits per heavy atom. The minimum absolute atomic E-state index is 0.0655. The predicted octanol–water partition coefficient (Wildman–Crippen LogP) is 1.28. The van der Waals surface area contributed by atoms with Crippen LogP contribution in [0.4, 0.5) is 0 Å². The van der Waals surface area contributed by atoms with Gasteiger partial charge in [-0.1, -0.05) is 18.2 Å². The molecule has 0 aliphatic heterocycles. The number of methoxy groups -OCH3 is 2. The van der Waals surface area contributed by atoms with Gasteiger partial charge in [0, 0.05) is 20.3 Å². The van der Waals surface area contributed by atoms with E-state index in [1.807, 2.05) is 0 Å². The molecule has 0 fully saturated rings. The second kappa shape index (κ2) is 5.94. The number of hydrogen-bond acceptors (Lipinski definition) is 6. The Morgan fingerprint density at radius 1 is 0.955 bits per heavy atom. The molecule has 0 saturated carbocycles. The molecule has 4 N–H and O–H groups in total. The van der Waals surface area contributed by atoms with Crippen LogP contribution in [-0.4, -0.2) is 46.2 Å². The fraction of sp³-hybridized carbons (Fsp3) is 0.250. The van der Waals surface area contributed by atoms with E-state index in [-0.39, 0.29) is 11.5 Å². The van der Waals surface area contributed by atoms with Crippen molar-refractivity contribution < 1.29 is 29.9 Å². The summed E-state index contributed by atoms with van der Waals surface area (Å²) in [6.45, 7) is 0. The maximum atomic E-state index is 10.1. The van der Waals surface area contributed by atoms with Gasteiger partial charge in [0.2, 0.25) is 11.6 Å². The maximum absolute atomic E-state index is 10.1. The standard InChI is InChI=1S/C16H18O6/c1-21-16(22-2)6-5-11(10-15(16,19)20)3-4-12-7-13(17)9-14(18)8-12/h3-10,17-20H,1-2H3. The molecule has 6 heteroatoms. The van der Waals surface area contributed by atoms with Gasteiger partial charge in [-0.2, -0.15) is 0 Å². The Morgan fingerprint density at radius 3 is 2.05 bits per heavy atom. The zero-order valence-electron chi connectivity index (χ0n) is 12.2. The highest BCUT2D eigenvalue weighted by Crippen LogP contribution is 2.33. The second-order valence-electron chi connectivity index (χ2n) is 4.90. The Hall–Kier alpha value is -2.12. The quantitative estimate of drug-likeness (QED) is 0.625. The zero-order valence-corrected chi connectivity index (χ0v) is 12.2. The van der Waals surface area contributed by atoms with Crippen LogP contribution >= 0.6 is 0 Å². The molecule has 1 aromatic rings. The van der Waals surface area contributed by atoms with E-state index in [9.17, 15) is 20.4 Å². The summed E-state index contributed by atoms with van der Waals surface area (Å²) in [7, 11) is 2.61. The average Bonchev–Trinajstić information content (AvgIpc) is 2.44. The summed E-state index contributed by atoms with van der Waals surface area (Å²) in [6.07, 6.45) is 7.39. The van der Waals surface area contributed by atoms with Crippen molar-refractivity contribution in [2.24, 2.45) is 0 Å². The molecule has 0 atom stereocenters. The molecule has 118 valence electrons. The molecule has 22 heavy (non-hydrogen) atoms. The number of phenols is 2. The molecule has 2 rings (SSSR count). The van der Waals surface area contributed by atoms with Crippen LogP contribution in [0.1, 0.15) is 5.56 Å². The number of aromatic hydroxyl groups is 2. The fourth-order valence-electron chi connectivity index (χ4n) is 2.24. The number of allylic oxidation sites excluding steroid dienone is 3. The Labute approximate surface area is 127 Å². The van der Waals surface area contributed by atoms with Crippen molar-refractivity contribution in [3.8, 4) is 11.5 Å². The third kappa shape index (κ3) is 3.05. The summed E-state index contributed by atoms with van der Waals surface area (Å²) in [5.41, 5.74) is 1.06. The minimum Gasteiger partial charge on any atom is -0.508 e. The van der Waals surface area contributed by atoms with E-state index >= 15 is 0 Å². The van der Waals surface area contributed by atoms with Crippen molar-refractivity contribution >= 4 is 6.08 Å². The van der Waals surface area contributed by atoms with Crippen LogP contribution in [0, 0.1) is 0 Å². The average molecular weight is 306 g/mol. The highest BCUT2D eigenvalue weighted by molar-refractivity contribution is 5.59. The van der Waals surface area contributed by atoms with Gasteiger partial charge in [-0.05, 0) is 35.4 Å². The first-order valence-electron chi connectivity index (χ1n) is 6.50. The van der Waals surface area contributed by atoms with Gasteiger partial charge >= 0.3 is 0 Å². The van der Waals surface area contributed by atoms with E-state index in [1.165, 1.54) is 44.6 Å². The Kier molecular flexibility index (Phi) is 4.39. The molecule has 6 nitrogen and oxygen atoms in total. The monoisotopic (exact) mass is 306 g/mol. The van der Waals surface area contributed by atoms with Crippen LogP contribution in [0.25, 0.3) is 6.08 Å². The van der Waals surface area contributed by atoms with E-state index in [0.29, 0.717) is 11.1 Å². The highest BCUT2D eigenvalue weighted by Gasteiger charge is 2.49.